The second-order valence-electron chi connectivity index (χ2n) is 4.36. The molecule has 2 aromatic rings. The Kier molecular flexibility index (Phi) is 5.52. The maximum absolute atomic E-state index is 5.51. The molecule has 0 bridgehead atoms. The third kappa shape index (κ3) is 4.81. The van der Waals surface area contributed by atoms with Crippen LogP contribution in [-0.4, -0.2) is 23.5 Å². The molecule has 0 aliphatic rings. The van der Waals surface area contributed by atoms with Crippen LogP contribution in [-0.2, 0) is 17.9 Å². The lowest BCUT2D eigenvalue weighted by molar-refractivity contribution is 0.112. The zero-order chi connectivity index (χ0) is 13.3. The molecular weight excluding hydrogens is 242 g/mol. The molecule has 1 N–H and O–H groups in total. The van der Waals surface area contributed by atoms with E-state index >= 15 is 0 Å². The van der Waals surface area contributed by atoms with E-state index in [2.05, 4.69) is 44.5 Å². The summed E-state index contributed by atoms with van der Waals surface area (Å²) in [4.78, 5) is 0. The van der Waals surface area contributed by atoms with Crippen molar-refractivity contribution < 1.29 is 9.37 Å². The van der Waals surface area contributed by atoms with E-state index in [0.29, 0.717) is 13.2 Å². The molecule has 0 radical (unpaired) electrons. The second kappa shape index (κ2) is 7.66. The number of aromatic nitrogens is 2. The number of nitrogens with zero attached hydrogens (tertiary/aromatic N) is 2. The van der Waals surface area contributed by atoms with Crippen LogP contribution in [0.5, 0.6) is 0 Å². The summed E-state index contributed by atoms with van der Waals surface area (Å²) in [6.07, 6.45) is 0.969. The van der Waals surface area contributed by atoms with Crippen molar-refractivity contribution >= 4 is 0 Å². The summed E-state index contributed by atoms with van der Waals surface area (Å²) in [5.74, 6) is 0. The van der Waals surface area contributed by atoms with Crippen LogP contribution in [0, 0.1) is 6.92 Å². The van der Waals surface area contributed by atoms with E-state index in [1.54, 1.807) is 0 Å². The maximum Gasteiger partial charge on any atom is 0.133 e. The Balaban J connectivity index is 1.50. The van der Waals surface area contributed by atoms with E-state index in [1.807, 2.05) is 13.0 Å². The molecule has 0 spiro atoms. The van der Waals surface area contributed by atoms with Crippen molar-refractivity contribution in [3.8, 4) is 0 Å². The molecule has 0 saturated heterocycles. The van der Waals surface area contributed by atoms with Crippen molar-refractivity contribution in [2.75, 3.05) is 13.2 Å². The van der Waals surface area contributed by atoms with Gasteiger partial charge in [-0.3, -0.25) is 0 Å². The van der Waals surface area contributed by atoms with Crippen LogP contribution < -0.4 is 5.32 Å². The van der Waals surface area contributed by atoms with Crippen LogP contribution in [0.25, 0.3) is 0 Å². The van der Waals surface area contributed by atoms with Gasteiger partial charge in [-0.15, -0.1) is 0 Å². The minimum atomic E-state index is 0.466. The van der Waals surface area contributed by atoms with Gasteiger partial charge in [-0.25, -0.2) is 4.63 Å². The molecular formula is C14H19N3O2. The van der Waals surface area contributed by atoms with Gasteiger partial charge in [0.15, 0.2) is 0 Å². The van der Waals surface area contributed by atoms with E-state index < -0.39 is 0 Å². The molecule has 0 aliphatic carbocycles. The first-order chi connectivity index (χ1) is 9.36. The van der Waals surface area contributed by atoms with E-state index in [9.17, 15) is 0 Å². The number of ether oxygens (including phenoxy) is 1. The zero-order valence-corrected chi connectivity index (χ0v) is 11.1. The van der Waals surface area contributed by atoms with E-state index in [0.717, 1.165) is 30.9 Å². The first-order valence-corrected chi connectivity index (χ1v) is 6.46. The Labute approximate surface area is 112 Å². The quantitative estimate of drug-likeness (QED) is 0.737. The highest BCUT2D eigenvalue weighted by molar-refractivity contribution is 5.14. The summed E-state index contributed by atoms with van der Waals surface area (Å²) < 4.78 is 10.1. The van der Waals surface area contributed by atoms with Gasteiger partial charge in [0.2, 0.25) is 0 Å². The smallest absolute Gasteiger partial charge is 0.133 e. The molecule has 1 heterocycles. The maximum atomic E-state index is 5.51. The van der Waals surface area contributed by atoms with E-state index in [4.69, 9.17) is 4.74 Å². The molecule has 0 atom stereocenters. The summed E-state index contributed by atoms with van der Waals surface area (Å²) in [7, 11) is 0. The van der Waals surface area contributed by atoms with Gasteiger partial charge in [-0.1, -0.05) is 40.6 Å². The Hall–Kier alpha value is -1.72. The number of hydrogen-bond donors (Lipinski definition) is 1. The molecule has 0 fully saturated rings. The Bertz CT molecular complexity index is 471. The first kappa shape index (κ1) is 13.7. The molecule has 5 nitrogen and oxygen atoms in total. The monoisotopic (exact) mass is 261 g/mol. The standard InChI is InChI=1S/C14H19N3O2/c1-12-14(17-19-16-12)11-18-9-5-8-15-10-13-6-3-2-4-7-13/h2-4,6-7,15H,5,8-11H2,1H3. The van der Waals surface area contributed by atoms with Gasteiger partial charge in [-0.05, 0) is 25.5 Å². The fourth-order valence-electron chi connectivity index (χ4n) is 1.68. The average Bonchev–Trinajstić information content (AvgIpc) is 2.84. The van der Waals surface area contributed by atoms with Crippen LogP contribution in [0.4, 0.5) is 0 Å². The number of nitrogens with one attached hydrogen (secondary N) is 1. The van der Waals surface area contributed by atoms with Gasteiger partial charge in [0.25, 0.3) is 0 Å². The Morgan fingerprint density at radius 2 is 2.05 bits per heavy atom. The summed E-state index contributed by atoms with van der Waals surface area (Å²) in [5, 5.41) is 10.8. The Morgan fingerprint density at radius 3 is 2.79 bits per heavy atom. The number of aryl methyl sites for hydroxylation is 1. The highest BCUT2D eigenvalue weighted by Crippen LogP contribution is 2.02. The molecule has 1 aromatic carbocycles. The van der Waals surface area contributed by atoms with Gasteiger partial charge in [0, 0.05) is 13.2 Å². The van der Waals surface area contributed by atoms with Crippen molar-refractivity contribution in [1.82, 2.24) is 15.6 Å². The minimum Gasteiger partial charge on any atom is -0.375 e. The fraction of sp³-hybridized carbons (Fsp3) is 0.429. The Morgan fingerprint density at radius 1 is 1.21 bits per heavy atom. The highest BCUT2D eigenvalue weighted by atomic mass is 16.6. The molecule has 0 unspecified atom stereocenters. The van der Waals surface area contributed by atoms with Crippen molar-refractivity contribution in [2.24, 2.45) is 0 Å². The SMILES string of the molecule is Cc1nonc1COCCCNCc1ccccc1. The van der Waals surface area contributed by atoms with Gasteiger partial charge < -0.3 is 10.1 Å². The average molecular weight is 261 g/mol. The highest BCUT2D eigenvalue weighted by Gasteiger charge is 2.03. The predicted octanol–water partition coefficient (Wildman–Crippen LogP) is 2.07. The van der Waals surface area contributed by atoms with Crippen molar-refractivity contribution in [2.45, 2.75) is 26.5 Å². The summed E-state index contributed by atoms with van der Waals surface area (Å²) in [6, 6.07) is 10.4. The van der Waals surface area contributed by atoms with Crippen LogP contribution in [0.15, 0.2) is 35.0 Å². The second-order valence-corrected chi connectivity index (χ2v) is 4.36. The molecule has 0 saturated carbocycles. The predicted molar refractivity (Wildman–Crippen MR) is 71.5 cm³/mol. The number of rotatable bonds is 8. The summed E-state index contributed by atoms with van der Waals surface area (Å²) >= 11 is 0. The van der Waals surface area contributed by atoms with Gasteiger partial charge in [0.05, 0.1) is 6.61 Å². The number of benzene rings is 1. The first-order valence-electron chi connectivity index (χ1n) is 6.46. The van der Waals surface area contributed by atoms with Crippen molar-refractivity contribution in [3.63, 3.8) is 0 Å². The lowest BCUT2D eigenvalue weighted by Crippen LogP contribution is -2.16. The van der Waals surface area contributed by atoms with Crippen LogP contribution >= 0.6 is 0 Å². The van der Waals surface area contributed by atoms with E-state index in [-0.39, 0.29) is 0 Å². The third-order valence-electron chi connectivity index (χ3n) is 2.80. The van der Waals surface area contributed by atoms with Crippen molar-refractivity contribution in [3.05, 3.63) is 47.3 Å². The van der Waals surface area contributed by atoms with Gasteiger partial charge >= 0.3 is 0 Å². The van der Waals surface area contributed by atoms with Crippen LogP contribution in [0.2, 0.25) is 0 Å². The molecule has 19 heavy (non-hydrogen) atoms. The summed E-state index contributed by atoms with van der Waals surface area (Å²) in [6.45, 7) is 4.86. The summed E-state index contributed by atoms with van der Waals surface area (Å²) in [5.41, 5.74) is 2.87. The third-order valence-corrected chi connectivity index (χ3v) is 2.80. The molecule has 2 rings (SSSR count). The zero-order valence-electron chi connectivity index (χ0n) is 11.1. The lowest BCUT2D eigenvalue weighted by Gasteiger charge is -2.05. The molecule has 102 valence electrons. The topological polar surface area (TPSA) is 60.2 Å². The van der Waals surface area contributed by atoms with E-state index in [1.165, 1.54) is 5.56 Å². The molecule has 0 aliphatic heterocycles. The van der Waals surface area contributed by atoms with Crippen LogP contribution in [0.3, 0.4) is 0 Å². The minimum absolute atomic E-state index is 0.466. The molecule has 0 amide bonds. The van der Waals surface area contributed by atoms with Crippen molar-refractivity contribution in [1.29, 1.82) is 0 Å². The normalized spacial score (nSPS) is 10.8. The lowest BCUT2D eigenvalue weighted by atomic mass is 10.2. The van der Waals surface area contributed by atoms with Crippen LogP contribution in [0.1, 0.15) is 23.4 Å². The largest absolute Gasteiger partial charge is 0.375 e. The number of hydrogen-bond acceptors (Lipinski definition) is 5. The van der Waals surface area contributed by atoms with Gasteiger partial charge in [0.1, 0.15) is 11.4 Å². The molecule has 5 heteroatoms. The fourth-order valence-corrected chi connectivity index (χ4v) is 1.68. The molecule has 1 aromatic heterocycles. The van der Waals surface area contributed by atoms with Gasteiger partial charge in [-0.2, -0.15) is 0 Å².